The normalized spacial score (nSPS) is 13.4. The van der Waals surface area contributed by atoms with Crippen LogP contribution in [-0.4, -0.2) is 25.5 Å². The molecule has 0 heterocycles. The molecule has 1 aromatic rings. The largest absolute Gasteiger partial charge is 0.480 e. The van der Waals surface area contributed by atoms with Crippen LogP contribution in [-0.2, 0) is 14.8 Å². The molecule has 0 unspecified atom stereocenters. The number of carboxylic acids is 1. The second-order valence-corrected chi connectivity index (χ2v) is 6.16. The fourth-order valence-corrected chi connectivity index (χ4v) is 2.84. The van der Waals surface area contributed by atoms with Crippen LogP contribution in [0.2, 0.25) is 0 Å². The molecular weight excluding hydrogens is 310 g/mol. The molecule has 2 N–H and O–H groups in total. The molecule has 1 rings (SSSR count). The minimum atomic E-state index is -3.80. The zero-order chi connectivity index (χ0) is 13.2. The lowest BCUT2D eigenvalue weighted by molar-refractivity contribution is -0.138. The first kappa shape index (κ1) is 14.1. The summed E-state index contributed by atoms with van der Waals surface area (Å²) in [4.78, 5) is 10.6. The van der Waals surface area contributed by atoms with Gasteiger partial charge < -0.3 is 5.11 Å². The first-order chi connectivity index (χ1) is 7.74. The molecule has 0 amide bonds. The number of hydrogen-bond acceptors (Lipinski definition) is 3. The summed E-state index contributed by atoms with van der Waals surface area (Å²) in [5.41, 5.74) is 0.898. The molecule has 0 aliphatic carbocycles. The maximum Gasteiger partial charge on any atom is 0.321 e. The van der Waals surface area contributed by atoms with Gasteiger partial charge in [0.05, 0.1) is 4.90 Å². The summed E-state index contributed by atoms with van der Waals surface area (Å²) >= 11 is 3.23. The highest BCUT2D eigenvalue weighted by Crippen LogP contribution is 2.20. The molecule has 0 spiro atoms. The SMILES string of the molecule is Cc1ccc(S(=O)(=O)N[C@@H](C)C(=O)O)cc1Br. The van der Waals surface area contributed by atoms with Crippen molar-refractivity contribution in [2.75, 3.05) is 0 Å². The van der Waals surface area contributed by atoms with Gasteiger partial charge in [-0.2, -0.15) is 4.72 Å². The minimum absolute atomic E-state index is 0.0306. The Morgan fingerprint density at radius 1 is 1.47 bits per heavy atom. The van der Waals surface area contributed by atoms with Crippen molar-refractivity contribution in [2.45, 2.75) is 24.8 Å². The maximum absolute atomic E-state index is 11.8. The number of carbonyl (C=O) groups is 1. The molecule has 0 aliphatic heterocycles. The Labute approximate surface area is 108 Å². The predicted octanol–water partition coefficient (Wildman–Crippen LogP) is 1.51. The van der Waals surface area contributed by atoms with E-state index >= 15 is 0 Å². The van der Waals surface area contributed by atoms with Gasteiger partial charge in [0, 0.05) is 4.47 Å². The molecule has 0 saturated carbocycles. The molecule has 7 heteroatoms. The Kier molecular flexibility index (Phi) is 4.29. The van der Waals surface area contributed by atoms with Gasteiger partial charge in [0.25, 0.3) is 0 Å². The van der Waals surface area contributed by atoms with Crippen LogP contribution < -0.4 is 4.72 Å². The first-order valence-corrected chi connectivity index (χ1v) is 7.03. The Bertz CT molecular complexity index is 541. The van der Waals surface area contributed by atoms with Gasteiger partial charge >= 0.3 is 5.97 Å². The molecule has 0 fully saturated rings. The Morgan fingerprint density at radius 2 is 2.06 bits per heavy atom. The third-order valence-corrected chi connectivity index (χ3v) is 4.55. The molecule has 17 heavy (non-hydrogen) atoms. The van der Waals surface area contributed by atoms with Crippen molar-refractivity contribution in [3.05, 3.63) is 28.2 Å². The lowest BCUT2D eigenvalue weighted by Gasteiger charge is -2.10. The van der Waals surface area contributed by atoms with E-state index in [4.69, 9.17) is 5.11 Å². The topological polar surface area (TPSA) is 83.5 Å². The second kappa shape index (κ2) is 5.16. The molecule has 0 aromatic heterocycles. The number of rotatable bonds is 4. The van der Waals surface area contributed by atoms with Crippen LogP contribution in [0.25, 0.3) is 0 Å². The van der Waals surface area contributed by atoms with Gasteiger partial charge in [0.15, 0.2) is 0 Å². The lowest BCUT2D eigenvalue weighted by Crippen LogP contribution is -2.38. The summed E-state index contributed by atoms with van der Waals surface area (Å²) < 4.78 is 26.4. The van der Waals surface area contributed by atoms with Crippen molar-refractivity contribution in [3.8, 4) is 0 Å². The maximum atomic E-state index is 11.8. The van der Waals surface area contributed by atoms with Crippen LogP contribution in [0.15, 0.2) is 27.6 Å². The quantitative estimate of drug-likeness (QED) is 0.880. The number of aliphatic carboxylic acids is 1. The minimum Gasteiger partial charge on any atom is -0.480 e. The molecular formula is C10H12BrNO4S. The smallest absolute Gasteiger partial charge is 0.321 e. The molecule has 0 saturated heterocycles. The van der Waals surface area contributed by atoms with E-state index in [-0.39, 0.29) is 4.90 Å². The zero-order valence-electron chi connectivity index (χ0n) is 9.27. The Balaban J connectivity index is 3.05. The highest BCUT2D eigenvalue weighted by molar-refractivity contribution is 9.10. The molecule has 94 valence electrons. The number of aryl methyl sites for hydroxylation is 1. The van der Waals surface area contributed by atoms with Crippen molar-refractivity contribution < 1.29 is 18.3 Å². The molecule has 0 aliphatic rings. The van der Waals surface area contributed by atoms with Crippen LogP contribution in [0.3, 0.4) is 0 Å². The molecule has 5 nitrogen and oxygen atoms in total. The van der Waals surface area contributed by atoms with Crippen molar-refractivity contribution >= 4 is 31.9 Å². The fourth-order valence-electron chi connectivity index (χ4n) is 1.09. The van der Waals surface area contributed by atoms with Crippen molar-refractivity contribution in [2.24, 2.45) is 0 Å². The van der Waals surface area contributed by atoms with Crippen molar-refractivity contribution in [1.29, 1.82) is 0 Å². The van der Waals surface area contributed by atoms with Crippen LogP contribution >= 0.6 is 15.9 Å². The van der Waals surface area contributed by atoms with Gasteiger partial charge in [-0.25, -0.2) is 8.42 Å². The molecule has 1 aromatic carbocycles. The van der Waals surface area contributed by atoms with Gasteiger partial charge in [-0.1, -0.05) is 22.0 Å². The number of halogens is 1. The Morgan fingerprint density at radius 3 is 2.53 bits per heavy atom. The lowest BCUT2D eigenvalue weighted by atomic mass is 10.2. The van der Waals surface area contributed by atoms with E-state index in [1.807, 2.05) is 6.92 Å². The fraction of sp³-hybridized carbons (Fsp3) is 0.300. The molecule has 0 bridgehead atoms. The van der Waals surface area contributed by atoms with E-state index < -0.39 is 22.0 Å². The van der Waals surface area contributed by atoms with Crippen LogP contribution in [0, 0.1) is 6.92 Å². The van der Waals surface area contributed by atoms with Gasteiger partial charge in [-0.3, -0.25) is 4.79 Å². The average molecular weight is 322 g/mol. The number of sulfonamides is 1. The summed E-state index contributed by atoms with van der Waals surface area (Å²) in [6, 6.07) is 3.34. The van der Waals surface area contributed by atoms with Gasteiger partial charge in [-0.05, 0) is 31.5 Å². The monoisotopic (exact) mass is 321 g/mol. The number of benzene rings is 1. The molecule has 1 atom stereocenters. The number of hydrogen-bond donors (Lipinski definition) is 2. The van der Waals surface area contributed by atoms with Crippen molar-refractivity contribution in [1.82, 2.24) is 4.72 Å². The van der Waals surface area contributed by atoms with E-state index in [0.29, 0.717) is 4.47 Å². The Hall–Kier alpha value is -0.920. The summed E-state index contributed by atoms with van der Waals surface area (Å²) in [6.07, 6.45) is 0. The van der Waals surface area contributed by atoms with Crippen molar-refractivity contribution in [3.63, 3.8) is 0 Å². The van der Waals surface area contributed by atoms with E-state index in [2.05, 4.69) is 20.7 Å². The van der Waals surface area contributed by atoms with E-state index in [1.165, 1.54) is 19.1 Å². The summed E-state index contributed by atoms with van der Waals surface area (Å²) in [5.74, 6) is -1.22. The third-order valence-electron chi connectivity index (χ3n) is 2.16. The number of carboxylic acid groups (broad SMARTS) is 1. The van der Waals surface area contributed by atoms with Gasteiger partial charge in [-0.15, -0.1) is 0 Å². The van der Waals surface area contributed by atoms with Gasteiger partial charge in [0.2, 0.25) is 10.0 Å². The predicted molar refractivity (Wildman–Crippen MR) is 66.3 cm³/mol. The summed E-state index contributed by atoms with van der Waals surface area (Å²) in [6.45, 7) is 3.09. The van der Waals surface area contributed by atoms with E-state index in [9.17, 15) is 13.2 Å². The standard InChI is InChI=1S/C10H12BrNO4S/c1-6-3-4-8(5-9(6)11)17(15,16)12-7(2)10(13)14/h3-5,7,12H,1-2H3,(H,13,14)/t7-/m0/s1. The summed E-state index contributed by atoms with van der Waals surface area (Å²) in [5, 5.41) is 8.65. The summed E-state index contributed by atoms with van der Waals surface area (Å²) in [7, 11) is -3.80. The number of nitrogens with one attached hydrogen (secondary N) is 1. The zero-order valence-corrected chi connectivity index (χ0v) is 11.7. The van der Waals surface area contributed by atoms with Crippen LogP contribution in [0.5, 0.6) is 0 Å². The highest BCUT2D eigenvalue weighted by Gasteiger charge is 2.21. The third kappa shape index (κ3) is 3.52. The highest BCUT2D eigenvalue weighted by atomic mass is 79.9. The van der Waals surface area contributed by atoms with Crippen LogP contribution in [0.4, 0.5) is 0 Å². The second-order valence-electron chi connectivity index (χ2n) is 3.59. The average Bonchev–Trinajstić information content (AvgIpc) is 2.21. The van der Waals surface area contributed by atoms with E-state index in [0.717, 1.165) is 5.56 Å². The van der Waals surface area contributed by atoms with E-state index in [1.54, 1.807) is 6.07 Å². The van der Waals surface area contributed by atoms with Crippen LogP contribution in [0.1, 0.15) is 12.5 Å². The van der Waals surface area contributed by atoms with Gasteiger partial charge in [0.1, 0.15) is 6.04 Å². The molecule has 0 radical (unpaired) electrons. The first-order valence-electron chi connectivity index (χ1n) is 4.75.